The smallest absolute Gasteiger partial charge is 0.229 e. The predicted molar refractivity (Wildman–Crippen MR) is 123 cm³/mol. The Labute approximate surface area is 199 Å². The molecular weight excluding hydrogens is 524 g/mol. The third kappa shape index (κ3) is 3.80. The van der Waals surface area contributed by atoms with E-state index in [9.17, 15) is 33.7 Å². The molecule has 4 atom stereocenters. The molecule has 3 aliphatic heterocycles. The molecule has 0 aromatic heterocycles. The van der Waals surface area contributed by atoms with Gasteiger partial charge in [0.15, 0.2) is 19.7 Å². The summed E-state index contributed by atoms with van der Waals surface area (Å²) in [4.78, 5) is -0.221. The van der Waals surface area contributed by atoms with Crippen LogP contribution in [-0.2, 0) is 39.7 Å². The zero-order valence-electron chi connectivity index (χ0n) is 17.7. The molecule has 34 heavy (non-hydrogen) atoms. The lowest BCUT2D eigenvalue weighted by Crippen LogP contribution is -2.69. The fraction of sp³-hybridized carbons (Fsp3) is 0.400. The Kier molecular flexibility index (Phi) is 5.50. The van der Waals surface area contributed by atoms with Crippen molar-refractivity contribution < 1.29 is 33.7 Å². The fourth-order valence-corrected chi connectivity index (χ4v) is 13.3. The fourth-order valence-electron chi connectivity index (χ4n) is 5.23. The molecule has 14 heteroatoms. The molecule has 0 amide bonds. The highest BCUT2D eigenvalue weighted by atomic mass is 32.2. The molecule has 0 bridgehead atoms. The van der Waals surface area contributed by atoms with Crippen molar-refractivity contribution in [3.8, 4) is 0 Å². The first kappa shape index (κ1) is 23.9. The zero-order valence-corrected chi connectivity index (χ0v) is 21.0. The second-order valence-electron chi connectivity index (χ2n) is 8.72. The molecule has 2 aromatic carbocycles. The van der Waals surface area contributed by atoms with E-state index in [4.69, 9.17) is 0 Å². The largest absolute Gasteiger partial charge is 0.243 e. The maximum atomic E-state index is 13.7. The van der Waals surface area contributed by atoms with Gasteiger partial charge < -0.3 is 0 Å². The lowest BCUT2D eigenvalue weighted by molar-refractivity contribution is 0.0841. The van der Waals surface area contributed by atoms with Gasteiger partial charge in [0.05, 0.1) is 57.0 Å². The summed E-state index contributed by atoms with van der Waals surface area (Å²) in [7, 11) is -16.2. The van der Waals surface area contributed by atoms with Crippen LogP contribution >= 0.6 is 0 Å². The van der Waals surface area contributed by atoms with Crippen molar-refractivity contribution in [1.29, 1.82) is 0 Å². The third-order valence-electron chi connectivity index (χ3n) is 6.53. The van der Waals surface area contributed by atoms with E-state index in [-0.39, 0.29) is 9.79 Å². The summed E-state index contributed by atoms with van der Waals surface area (Å²) in [5, 5.41) is 0. The van der Waals surface area contributed by atoms with Crippen molar-refractivity contribution >= 4 is 39.7 Å². The molecule has 5 rings (SSSR count). The number of sulfone groups is 2. The van der Waals surface area contributed by atoms with Gasteiger partial charge in [-0.05, 0) is 24.3 Å². The average Bonchev–Trinajstić information content (AvgIpc) is 3.25. The lowest BCUT2D eigenvalue weighted by Gasteiger charge is -2.48. The van der Waals surface area contributed by atoms with Gasteiger partial charge in [-0.1, -0.05) is 36.4 Å². The zero-order chi connectivity index (χ0) is 24.5. The van der Waals surface area contributed by atoms with Crippen LogP contribution in [0.25, 0.3) is 0 Å². The van der Waals surface area contributed by atoms with Gasteiger partial charge in [0.25, 0.3) is 0 Å². The molecule has 2 aromatic rings. The quantitative estimate of drug-likeness (QED) is 0.509. The van der Waals surface area contributed by atoms with E-state index in [0.717, 1.165) is 8.61 Å². The number of benzene rings is 2. The Morgan fingerprint density at radius 3 is 1.06 bits per heavy atom. The SMILES string of the molecule is O=S1(=O)C[C@@H]2[C@H](C1)N(S(=O)(=O)c1ccccc1)[C@@H]1CS(=O)(=O)C[C@@H]1N2S(=O)(=O)c1ccccc1. The molecule has 3 aliphatic rings. The van der Waals surface area contributed by atoms with Crippen LogP contribution in [0.15, 0.2) is 70.5 Å². The first-order valence-corrected chi connectivity index (χ1v) is 16.9. The van der Waals surface area contributed by atoms with Crippen LogP contribution in [0.3, 0.4) is 0 Å². The van der Waals surface area contributed by atoms with E-state index in [2.05, 4.69) is 0 Å². The van der Waals surface area contributed by atoms with Crippen molar-refractivity contribution in [3.63, 3.8) is 0 Å². The van der Waals surface area contributed by atoms with E-state index in [0.29, 0.717) is 0 Å². The van der Waals surface area contributed by atoms with Crippen molar-refractivity contribution in [2.24, 2.45) is 0 Å². The number of sulfonamides is 2. The molecular formula is C20H22N2O8S4. The van der Waals surface area contributed by atoms with E-state index in [1.807, 2.05) is 0 Å². The first-order chi connectivity index (χ1) is 15.8. The van der Waals surface area contributed by atoms with Gasteiger partial charge in [-0.2, -0.15) is 8.61 Å². The van der Waals surface area contributed by atoms with Gasteiger partial charge in [-0.3, -0.25) is 0 Å². The van der Waals surface area contributed by atoms with Gasteiger partial charge in [0, 0.05) is 0 Å². The number of hydrogen-bond acceptors (Lipinski definition) is 8. The standard InChI is InChI=1S/C20H22N2O8S4/c23-31(24)11-17-19(13-31)22(34(29,30)16-9-5-2-6-10-16)20-14-32(25,26)12-18(20)21(17)33(27,28)15-7-3-1-4-8-15/h1-10,17-20H,11-14H2/t17-,18+,19+,20-. The van der Waals surface area contributed by atoms with Crippen LogP contribution in [0.2, 0.25) is 0 Å². The first-order valence-electron chi connectivity index (χ1n) is 10.4. The number of piperazine rings is 1. The van der Waals surface area contributed by atoms with Gasteiger partial charge >= 0.3 is 0 Å². The Morgan fingerprint density at radius 1 is 0.529 bits per heavy atom. The summed E-state index contributed by atoms with van der Waals surface area (Å²) in [5.41, 5.74) is 0. The monoisotopic (exact) mass is 546 g/mol. The molecule has 10 nitrogen and oxygen atoms in total. The van der Waals surface area contributed by atoms with E-state index < -0.39 is 86.9 Å². The Balaban J connectivity index is 1.72. The Bertz CT molecular complexity index is 1390. The van der Waals surface area contributed by atoms with Crippen LogP contribution < -0.4 is 0 Å². The number of rotatable bonds is 4. The van der Waals surface area contributed by atoms with Crippen molar-refractivity contribution in [3.05, 3.63) is 60.7 Å². The highest BCUT2D eigenvalue weighted by Gasteiger charge is 2.63. The van der Waals surface area contributed by atoms with E-state index >= 15 is 0 Å². The molecule has 0 N–H and O–H groups in total. The summed E-state index contributed by atoms with van der Waals surface area (Å²) in [6, 6.07) is 9.67. The van der Waals surface area contributed by atoms with Crippen LogP contribution in [0.4, 0.5) is 0 Å². The van der Waals surface area contributed by atoms with Crippen LogP contribution in [0.5, 0.6) is 0 Å². The van der Waals surface area contributed by atoms with E-state index in [1.54, 1.807) is 12.1 Å². The minimum atomic E-state index is -4.32. The predicted octanol–water partition coefficient (Wildman–Crippen LogP) is -0.287. The molecule has 0 saturated carbocycles. The second kappa shape index (κ2) is 7.83. The summed E-state index contributed by atoms with van der Waals surface area (Å²) >= 11 is 0. The average molecular weight is 547 g/mol. The van der Waals surface area contributed by atoms with Crippen molar-refractivity contribution in [2.45, 2.75) is 34.0 Å². The molecule has 3 fully saturated rings. The van der Waals surface area contributed by atoms with Gasteiger partial charge in [0.2, 0.25) is 20.0 Å². The molecule has 3 saturated heterocycles. The normalized spacial score (nSPS) is 31.1. The maximum Gasteiger partial charge on any atom is 0.243 e. The molecule has 0 aliphatic carbocycles. The summed E-state index contributed by atoms with van der Waals surface area (Å²) in [6.07, 6.45) is 0. The number of nitrogens with zero attached hydrogens (tertiary/aromatic N) is 2. The molecule has 0 unspecified atom stereocenters. The summed E-state index contributed by atoms with van der Waals surface area (Å²) in [6.45, 7) is 0. The molecule has 0 spiro atoms. The number of hydrogen-bond donors (Lipinski definition) is 0. The topological polar surface area (TPSA) is 143 Å². The Hall–Kier alpha value is -1.84. The van der Waals surface area contributed by atoms with Gasteiger partial charge in [-0.25, -0.2) is 33.7 Å². The minimum Gasteiger partial charge on any atom is -0.229 e. The highest BCUT2D eigenvalue weighted by Crippen LogP contribution is 2.43. The van der Waals surface area contributed by atoms with Crippen LogP contribution in [-0.4, -0.2) is 89.5 Å². The highest BCUT2D eigenvalue weighted by molar-refractivity contribution is 7.93. The van der Waals surface area contributed by atoms with Gasteiger partial charge in [-0.15, -0.1) is 0 Å². The summed E-state index contributed by atoms with van der Waals surface area (Å²) < 4.78 is 107. The maximum absolute atomic E-state index is 13.7. The van der Waals surface area contributed by atoms with Crippen molar-refractivity contribution in [2.75, 3.05) is 23.0 Å². The summed E-state index contributed by atoms with van der Waals surface area (Å²) in [5.74, 6) is -2.36. The van der Waals surface area contributed by atoms with Gasteiger partial charge in [0.1, 0.15) is 0 Å². The minimum absolute atomic E-state index is 0.111. The van der Waals surface area contributed by atoms with Crippen LogP contribution in [0.1, 0.15) is 0 Å². The Morgan fingerprint density at radius 2 is 0.794 bits per heavy atom. The van der Waals surface area contributed by atoms with Crippen LogP contribution in [0, 0.1) is 0 Å². The van der Waals surface area contributed by atoms with E-state index in [1.165, 1.54) is 48.5 Å². The molecule has 0 radical (unpaired) electrons. The third-order valence-corrected chi connectivity index (χ3v) is 13.9. The lowest BCUT2D eigenvalue weighted by atomic mass is 10.0. The molecule has 184 valence electrons. The number of fused-ring (bicyclic) bond motifs is 2. The second-order valence-corrected chi connectivity index (χ2v) is 16.7. The van der Waals surface area contributed by atoms with Crippen molar-refractivity contribution in [1.82, 2.24) is 8.61 Å². The molecule has 3 heterocycles.